The lowest BCUT2D eigenvalue weighted by molar-refractivity contribution is -0.123. The number of hydrogen-bond acceptors (Lipinski definition) is 12. The van der Waals surface area contributed by atoms with E-state index in [-0.39, 0.29) is 40.9 Å². The van der Waals surface area contributed by atoms with Gasteiger partial charge in [0.1, 0.15) is 40.2 Å². The van der Waals surface area contributed by atoms with Gasteiger partial charge in [0.25, 0.3) is 5.91 Å². The van der Waals surface area contributed by atoms with Crippen LogP contribution in [0.3, 0.4) is 0 Å². The molecule has 2 aromatic carbocycles. The predicted molar refractivity (Wildman–Crippen MR) is 260 cm³/mol. The minimum atomic E-state index is -1.02. The van der Waals surface area contributed by atoms with Crippen LogP contribution in [0, 0.1) is 23.3 Å². The predicted octanol–water partition coefficient (Wildman–Crippen LogP) is 8.21. The van der Waals surface area contributed by atoms with E-state index in [1.807, 2.05) is 58.3 Å². The molecule has 2 saturated heterocycles. The van der Waals surface area contributed by atoms with Crippen molar-refractivity contribution in [3.8, 4) is 23.0 Å². The van der Waals surface area contributed by atoms with Crippen LogP contribution in [-0.4, -0.2) is 126 Å². The highest BCUT2D eigenvalue weighted by atomic mass is 19.2. The lowest BCUT2D eigenvalue weighted by Crippen LogP contribution is -2.64. The van der Waals surface area contributed by atoms with Gasteiger partial charge in [-0.25, -0.2) is 32.3 Å². The van der Waals surface area contributed by atoms with Crippen LogP contribution in [0.25, 0.3) is 0 Å². The quantitative estimate of drug-likeness (QED) is 0.108. The van der Waals surface area contributed by atoms with Gasteiger partial charge in [-0.15, -0.1) is 0 Å². The lowest BCUT2D eigenvalue weighted by Gasteiger charge is -2.48. The number of benzene rings is 2. The van der Waals surface area contributed by atoms with Crippen LogP contribution < -0.4 is 25.7 Å². The van der Waals surface area contributed by atoms with E-state index in [9.17, 15) is 41.5 Å². The second kappa shape index (κ2) is 22.4. The first kappa shape index (κ1) is 54.0. The Bertz CT molecular complexity index is 2790. The maximum absolute atomic E-state index is 13.4. The zero-order valence-corrected chi connectivity index (χ0v) is 41.5. The van der Waals surface area contributed by atoms with Crippen LogP contribution >= 0.6 is 0 Å². The Balaban J connectivity index is 0.000000236. The Kier molecular flexibility index (Phi) is 16.8. The highest BCUT2D eigenvalue weighted by molar-refractivity contribution is 5.95. The minimum Gasteiger partial charge on any atom is -0.456 e. The molecule has 2 atom stereocenters. The molecule has 17 nitrogen and oxygen atoms in total. The van der Waals surface area contributed by atoms with Crippen LogP contribution in [0.2, 0.25) is 0 Å². The van der Waals surface area contributed by atoms with Crippen LogP contribution in [-0.2, 0) is 14.3 Å². The summed E-state index contributed by atoms with van der Waals surface area (Å²) in [4.78, 5) is 81.0. The standard InChI is InChI=1S/C26H27F2N5O4.C25H32F2N4O4/c1-16(32-10-11-33(26(2,3)15-32)25(36)17-4-9-23(34)30-13-17)24(35)31-22-8-6-19(14-29-22)37-18-5-7-20(27)21(28)12-18;1-16(30-11-12-31(25(5,6)15-30)23(33)35-24(2,3)4)22(32)29-21-10-8-18(14-28-21)34-17-7-9-19(26)20(27)13-17/h4-9,12-14,16H,10-11,15H2,1-3H3,(H,30,34)(H,29,31,35);7-10,13-14,16H,11-12,15H2,1-6H3,(H,28,29,32)/t16-;/m0./s1. The maximum atomic E-state index is 13.4. The van der Waals surface area contributed by atoms with E-state index in [1.54, 1.807) is 47.9 Å². The summed E-state index contributed by atoms with van der Waals surface area (Å²) in [5.74, 6) is -3.18. The molecule has 21 heteroatoms. The smallest absolute Gasteiger partial charge is 0.410 e. The molecule has 2 fully saturated rings. The summed E-state index contributed by atoms with van der Waals surface area (Å²) in [6.07, 6.45) is 3.79. The largest absolute Gasteiger partial charge is 0.456 e. The van der Waals surface area contributed by atoms with Crippen molar-refractivity contribution in [3.63, 3.8) is 0 Å². The maximum Gasteiger partial charge on any atom is 0.410 e. The minimum absolute atomic E-state index is 0.117. The van der Waals surface area contributed by atoms with Crippen molar-refractivity contribution in [2.75, 3.05) is 49.9 Å². The third-order valence-electron chi connectivity index (χ3n) is 11.8. The number of anilines is 2. The number of ether oxygens (including phenoxy) is 3. The highest BCUT2D eigenvalue weighted by Gasteiger charge is 2.42. The number of nitrogens with one attached hydrogen (secondary N) is 3. The summed E-state index contributed by atoms with van der Waals surface area (Å²) >= 11 is 0. The molecule has 0 saturated carbocycles. The summed E-state index contributed by atoms with van der Waals surface area (Å²) in [5.41, 5.74) is -1.54. The van der Waals surface area contributed by atoms with Crippen LogP contribution in [0.4, 0.5) is 34.0 Å². The molecule has 3 aromatic heterocycles. The first-order valence-corrected chi connectivity index (χ1v) is 23.1. The number of carbonyl (C=O) groups is 4. The number of aromatic amines is 1. The van der Waals surface area contributed by atoms with Gasteiger partial charge >= 0.3 is 6.09 Å². The molecule has 4 amide bonds. The zero-order valence-electron chi connectivity index (χ0n) is 41.5. The fraction of sp³-hybridized carbons (Fsp3) is 0.392. The summed E-state index contributed by atoms with van der Waals surface area (Å²) in [7, 11) is 0. The van der Waals surface area contributed by atoms with E-state index in [0.717, 1.165) is 24.3 Å². The molecule has 0 aliphatic carbocycles. The number of carbonyl (C=O) groups excluding carboxylic acids is 4. The van der Waals surface area contributed by atoms with Gasteiger partial charge in [0, 0.05) is 63.7 Å². The molecule has 2 aliphatic rings. The summed E-state index contributed by atoms with van der Waals surface area (Å²) in [5, 5.41) is 5.54. The van der Waals surface area contributed by atoms with Crippen LogP contribution in [0.15, 0.2) is 96.2 Å². The third-order valence-corrected chi connectivity index (χ3v) is 11.8. The lowest BCUT2D eigenvalue weighted by atomic mass is 9.96. The molecular formula is C51H59F4N9O8. The average molecular weight is 1000 g/mol. The molecule has 2 aliphatic heterocycles. The van der Waals surface area contributed by atoms with E-state index >= 15 is 0 Å². The van der Waals surface area contributed by atoms with E-state index < -0.39 is 52.0 Å². The highest BCUT2D eigenvalue weighted by Crippen LogP contribution is 2.29. The van der Waals surface area contributed by atoms with Gasteiger partial charge in [0.2, 0.25) is 17.4 Å². The number of rotatable bonds is 11. The normalized spacial score (nSPS) is 16.6. The van der Waals surface area contributed by atoms with Crippen molar-refractivity contribution in [3.05, 3.63) is 131 Å². The Labute approximate surface area is 414 Å². The second-order valence-corrected chi connectivity index (χ2v) is 19.5. The topological polar surface area (TPSA) is 192 Å². The first-order chi connectivity index (χ1) is 33.8. The van der Waals surface area contributed by atoms with Gasteiger partial charge in [0.05, 0.1) is 41.1 Å². The van der Waals surface area contributed by atoms with Crippen molar-refractivity contribution in [1.29, 1.82) is 0 Å². The number of piperazine rings is 2. The third kappa shape index (κ3) is 14.1. The van der Waals surface area contributed by atoms with E-state index in [4.69, 9.17) is 14.2 Å². The Morgan fingerprint density at radius 1 is 0.625 bits per heavy atom. The Hall–Kier alpha value is -7.39. The summed E-state index contributed by atoms with van der Waals surface area (Å²) in [6, 6.07) is 14.5. The van der Waals surface area contributed by atoms with Gasteiger partial charge in [-0.3, -0.25) is 29.0 Å². The molecule has 1 unspecified atom stereocenters. The fourth-order valence-corrected chi connectivity index (χ4v) is 7.95. The molecule has 0 bridgehead atoms. The van der Waals surface area contributed by atoms with Crippen LogP contribution in [0.5, 0.6) is 23.0 Å². The number of amides is 4. The second-order valence-electron chi connectivity index (χ2n) is 19.5. The molecule has 0 spiro atoms. The molecule has 384 valence electrons. The van der Waals surface area contributed by atoms with E-state index in [2.05, 4.69) is 25.6 Å². The molecule has 72 heavy (non-hydrogen) atoms. The Morgan fingerprint density at radius 2 is 1.07 bits per heavy atom. The van der Waals surface area contributed by atoms with Crippen LogP contribution in [0.1, 0.15) is 72.7 Å². The van der Waals surface area contributed by atoms with Gasteiger partial charge in [0.15, 0.2) is 23.3 Å². The molecule has 5 heterocycles. The van der Waals surface area contributed by atoms with E-state index in [0.29, 0.717) is 68.0 Å². The summed E-state index contributed by atoms with van der Waals surface area (Å²) in [6.45, 7) is 19.6. The van der Waals surface area contributed by atoms with Gasteiger partial charge in [-0.1, -0.05) is 0 Å². The molecule has 5 aromatic rings. The number of halogens is 4. The SMILES string of the molecule is CC(C(=O)Nc1ccc(Oc2ccc(F)c(F)c2)cn1)N1CCN(C(=O)OC(C)(C)C)C(C)(C)C1.C[C@@H](C(=O)Nc1ccc(Oc2ccc(F)c(F)c2)cn1)N1CCN(C(=O)c2ccc(=O)[nH]c2)C(C)(C)C1. The van der Waals surface area contributed by atoms with Crippen molar-refractivity contribution in [1.82, 2.24) is 34.6 Å². The zero-order chi connectivity index (χ0) is 52.7. The molecule has 3 N–H and O–H groups in total. The number of aromatic nitrogens is 3. The number of H-pyrrole nitrogens is 1. The van der Waals surface area contributed by atoms with Gasteiger partial charge < -0.3 is 39.6 Å². The van der Waals surface area contributed by atoms with Gasteiger partial charge in [-0.05, 0) is 117 Å². The van der Waals surface area contributed by atoms with Crippen molar-refractivity contribution in [2.45, 2.75) is 91.1 Å². The monoisotopic (exact) mass is 1000 g/mol. The van der Waals surface area contributed by atoms with Crippen molar-refractivity contribution < 1.29 is 51.0 Å². The summed E-state index contributed by atoms with van der Waals surface area (Å²) < 4.78 is 69.3. The Morgan fingerprint density at radius 3 is 1.44 bits per heavy atom. The number of nitrogens with zero attached hydrogens (tertiary/aromatic N) is 6. The average Bonchev–Trinajstić information content (AvgIpc) is 3.31. The number of hydrogen-bond donors (Lipinski definition) is 3. The fourth-order valence-electron chi connectivity index (χ4n) is 7.95. The molecular weight excluding hydrogens is 943 g/mol. The molecule has 0 radical (unpaired) electrons. The van der Waals surface area contributed by atoms with E-state index in [1.165, 1.54) is 42.9 Å². The van der Waals surface area contributed by atoms with Gasteiger partial charge in [-0.2, -0.15) is 0 Å². The van der Waals surface area contributed by atoms with Crippen molar-refractivity contribution in [2.24, 2.45) is 0 Å². The first-order valence-electron chi connectivity index (χ1n) is 23.1. The van der Waals surface area contributed by atoms with Crippen molar-refractivity contribution >= 4 is 35.5 Å². The molecule has 7 rings (SSSR count). The number of pyridine rings is 3.